The molecule has 0 saturated carbocycles. The Bertz CT molecular complexity index is 3120. The van der Waals surface area contributed by atoms with Gasteiger partial charge in [0.1, 0.15) is 33.5 Å². The van der Waals surface area contributed by atoms with Crippen LogP contribution in [-0.4, -0.2) is 15.0 Å². The molecule has 4 aromatic heterocycles. The number of hydrogen-bond donors (Lipinski definition) is 0. The third-order valence-electron chi connectivity index (χ3n) is 9.53. The summed E-state index contributed by atoms with van der Waals surface area (Å²) in [6.45, 7) is 0. The van der Waals surface area contributed by atoms with Gasteiger partial charge in [0.2, 0.25) is 0 Å². The molecule has 0 bridgehead atoms. The second-order valence-electron chi connectivity index (χ2n) is 12.3. The topological polar surface area (TPSA) is 78.1 Å². The van der Waals surface area contributed by atoms with Gasteiger partial charge in [0, 0.05) is 37.9 Å². The molecule has 228 valence electrons. The van der Waals surface area contributed by atoms with Crippen LogP contribution in [0.2, 0.25) is 0 Å². The minimum Gasteiger partial charge on any atom is -0.455 e. The first-order valence-corrected chi connectivity index (χ1v) is 16.2. The maximum Gasteiger partial charge on any atom is 0.167 e. The van der Waals surface area contributed by atoms with Crippen molar-refractivity contribution >= 4 is 76.6 Å². The molecule has 11 aromatic rings. The van der Waals surface area contributed by atoms with Gasteiger partial charge in [-0.1, -0.05) is 115 Å². The number of hydrogen-bond acceptors (Lipinski definition) is 6. The van der Waals surface area contributed by atoms with Crippen molar-refractivity contribution < 1.29 is 13.3 Å². The average molecular weight is 630 g/mol. The Morgan fingerprint density at radius 1 is 0.306 bits per heavy atom. The molecule has 6 heteroatoms. The Hall–Kier alpha value is -6.79. The summed E-state index contributed by atoms with van der Waals surface area (Å²) >= 11 is 0. The number of aromatic nitrogens is 3. The highest BCUT2D eigenvalue weighted by molar-refractivity contribution is 6.34. The molecule has 11 rings (SSSR count). The molecular weight excluding hydrogens is 606 g/mol. The molecule has 0 spiro atoms. The number of furan rings is 3. The first-order valence-electron chi connectivity index (χ1n) is 16.2. The molecule has 0 aliphatic carbocycles. The molecule has 0 N–H and O–H groups in total. The minimum atomic E-state index is 0.506. The van der Waals surface area contributed by atoms with E-state index in [-0.39, 0.29) is 0 Å². The first-order chi connectivity index (χ1) is 24.3. The fraction of sp³-hybridized carbons (Fsp3) is 0. The summed E-state index contributed by atoms with van der Waals surface area (Å²) in [6.07, 6.45) is 0. The van der Waals surface area contributed by atoms with Gasteiger partial charge in [0.05, 0.1) is 16.5 Å². The SMILES string of the molecule is c1ccc(-c2nc(-c3cccc4c3oc3ccccc34)nc(-c3cccc4c3oc3c5ccccc5c5c6ccccc6oc5c43)n2)cc1. The maximum atomic E-state index is 6.88. The second kappa shape index (κ2) is 9.86. The van der Waals surface area contributed by atoms with E-state index < -0.39 is 0 Å². The van der Waals surface area contributed by atoms with Gasteiger partial charge in [-0.15, -0.1) is 0 Å². The zero-order valence-corrected chi connectivity index (χ0v) is 25.8. The second-order valence-corrected chi connectivity index (χ2v) is 12.3. The highest BCUT2D eigenvalue weighted by Crippen LogP contribution is 2.46. The van der Waals surface area contributed by atoms with E-state index in [4.69, 9.17) is 28.2 Å². The lowest BCUT2D eigenvalue weighted by Crippen LogP contribution is -2.00. The third-order valence-corrected chi connectivity index (χ3v) is 9.53. The lowest BCUT2D eigenvalue weighted by atomic mass is 9.99. The van der Waals surface area contributed by atoms with Crippen LogP contribution in [0, 0.1) is 0 Å². The van der Waals surface area contributed by atoms with Gasteiger partial charge < -0.3 is 13.3 Å². The molecular formula is C43H23N3O3. The van der Waals surface area contributed by atoms with Crippen molar-refractivity contribution in [3.8, 4) is 34.2 Å². The van der Waals surface area contributed by atoms with Gasteiger partial charge in [-0.2, -0.15) is 0 Å². The van der Waals surface area contributed by atoms with Gasteiger partial charge in [-0.25, -0.2) is 15.0 Å². The molecule has 6 nitrogen and oxygen atoms in total. The van der Waals surface area contributed by atoms with Crippen LogP contribution < -0.4 is 0 Å². The van der Waals surface area contributed by atoms with Crippen LogP contribution in [-0.2, 0) is 0 Å². The zero-order chi connectivity index (χ0) is 32.1. The average Bonchev–Trinajstić information content (AvgIpc) is 3.87. The smallest absolute Gasteiger partial charge is 0.167 e. The number of nitrogens with zero attached hydrogens (tertiary/aromatic N) is 3. The summed E-state index contributed by atoms with van der Waals surface area (Å²) in [5.74, 6) is 1.59. The van der Waals surface area contributed by atoms with Gasteiger partial charge >= 0.3 is 0 Å². The molecule has 7 aromatic carbocycles. The van der Waals surface area contributed by atoms with E-state index >= 15 is 0 Å². The normalized spacial score (nSPS) is 12.1. The molecule has 0 amide bonds. The summed E-state index contributed by atoms with van der Waals surface area (Å²) in [5, 5.41) is 8.21. The van der Waals surface area contributed by atoms with Crippen molar-refractivity contribution in [1.29, 1.82) is 0 Å². The number of benzene rings is 7. The molecule has 0 saturated heterocycles. The lowest BCUT2D eigenvalue weighted by Gasteiger charge is -2.09. The van der Waals surface area contributed by atoms with Gasteiger partial charge in [-0.3, -0.25) is 0 Å². The van der Waals surface area contributed by atoms with Crippen LogP contribution in [0.4, 0.5) is 0 Å². The fourth-order valence-corrected chi connectivity index (χ4v) is 7.35. The third kappa shape index (κ3) is 3.74. The Balaban J connectivity index is 1.23. The quantitative estimate of drug-likeness (QED) is 0.193. The lowest BCUT2D eigenvalue weighted by molar-refractivity contribution is 0.665. The molecule has 4 heterocycles. The Kier molecular flexibility index (Phi) is 5.29. The summed E-state index contributed by atoms with van der Waals surface area (Å²) in [7, 11) is 0. The molecule has 0 aliphatic rings. The number of para-hydroxylation sites is 4. The van der Waals surface area contributed by atoms with Gasteiger partial charge in [0.15, 0.2) is 17.5 Å². The molecule has 0 fully saturated rings. The van der Waals surface area contributed by atoms with Crippen LogP contribution >= 0.6 is 0 Å². The minimum absolute atomic E-state index is 0.506. The van der Waals surface area contributed by atoms with E-state index in [1.807, 2.05) is 91.0 Å². The highest BCUT2D eigenvalue weighted by atomic mass is 16.3. The Morgan fingerprint density at radius 3 is 1.57 bits per heavy atom. The van der Waals surface area contributed by atoms with Crippen LogP contribution in [0.5, 0.6) is 0 Å². The largest absolute Gasteiger partial charge is 0.455 e. The van der Waals surface area contributed by atoms with Crippen LogP contribution in [0.25, 0.3) is 111 Å². The monoisotopic (exact) mass is 629 g/mol. The molecule has 49 heavy (non-hydrogen) atoms. The fourth-order valence-electron chi connectivity index (χ4n) is 7.35. The summed E-state index contributed by atoms with van der Waals surface area (Å²) in [4.78, 5) is 15.2. The van der Waals surface area contributed by atoms with Crippen molar-refractivity contribution in [1.82, 2.24) is 15.0 Å². The maximum absolute atomic E-state index is 6.88. The van der Waals surface area contributed by atoms with E-state index in [9.17, 15) is 0 Å². The zero-order valence-electron chi connectivity index (χ0n) is 25.8. The van der Waals surface area contributed by atoms with E-state index in [0.717, 1.165) is 87.7 Å². The Morgan fingerprint density at radius 2 is 0.816 bits per heavy atom. The molecule has 0 unspecified atom stereocenters. The summed E-state index contributed by atoms with van der Waals surface area (Å²) < 4.78 is 19.9. The molecule has 0 aliphatic heterocycles. The standard InChI is InChI=1S/C43H23N3O3/c1-2-12-24(13-3-1)41-44-42(31-20-10-18-27-25-14-6-8-22-33(25)47-37(27)31)46-43(45-41)32-21-11-19-30-36-39(49-38(30)32)28-16-5-4-15-26(28)35-29-17-7-9-23-34(29)48-40(35)36/h1-23H. The predicted octanol–water partition coefficient (Wildman–Crippen LogP) is 11.7. The van der Waals surface area contributed by atoms with Crippen molar-refractivity contribution in [2.24, 2.45) is 0 Å². The predicted molar refractivity (Wildman–Crippen MR) is 195 cm³/mol. The van der Waals surface area contributed by atoms with E-state index in [1.54, 1.807) is 0 Å². The van der Waals surface area contributed by atoms with Gasteiger partial charge in [0.25, 0.3) is 0 Å². The van der Waals surface area contributed by atoms with Crippen LogP contribution in [0.15, 0.2) is 153 Å². The number of fused-ring (bicyclic) bond motifs is 13. The van der Waals surface area contributed by atoms with Crippen molar-refractivity contribution in [3.05, 3.63) is 140 Å². The van der Waals surface area contributed by atoms with Crippen molar-refractivity contribution in [2.75, 3.05) is 0 Å². The first kappa shape index (κ1) is 26.3. The van der Waals surface area contributed by atoms with E-state index in [1.165, 1.54) is 0 Å². The summed E-state index contributed by atoms with van der Waals surface area (Å²) in [5.41, 5.74) is 7.11. The van der Waals surface area contributed by atoms with E-state index in [0.29, 0.717) is 23.1 Å². The molecule has 0 atom stereocenters. The summed E-state index contributed by atoms with van der Waals surface area (Å²) in [6, 6.07) is 46.8. The highest BCUT2D eigenvalue weighted by Gasteiger charge is 2.24. The molecule has 0 radical (unpaired) electrons. The Labute approximate surface area is 277 Å². The van der Waals surface area contributed by atoms with Crippen LogP contribution in [0.3, 0.4) is 0 Å². The van der Waals surface area contributed by atoms with Gasteiger partial charge in [-0.05, 0) is 29.7 Å². The van der Waals surface area contributed by atoms with Crippen LogP contribution in [0.1, 0.15) is 0 Å². The number of rotatable bonds is 3. The van der Waals surface area contributed by atoms with Crippen molar-refractivity contribution in [2.45, 2.75) is 0 Å². The van der Waals surface area contributed by atoms with E-state index in [2.05, 4.69) is 48.5 Å². The van der Waals surface area contributed by atoms with Crippen molar-refractivity contribution in [3.63, 3.8) is 0 Å².